The highest BCUT2D eigenvalue weighted by Crippen LogP contribution is 2.26. The zero-order valence-electron chi connectivity index (χ0n) is 10.7. The smallest absolute Gasteiger partial charge is 0.453 e. The van der Waals surface area contributed by atoms with Crippen molar-refractivity contribution < 1.29 is 22.7 Å². The number of nitrogens with one attached hydrogen (secondary N) is 1. The summed E-state index contributed by atoms with van der Waals surface area (Å²) in [4.78, 5) is 14.8. The Bertz CT molecular complexity index is 651. The number of hydrogen-bond acceptors (Lipinski definition) is 5. The van der Waals surface area contributed by atoms with Crippen LogP contribution in [-0.2, 0) is 6.18 Å². The highest BCUT2D eigenvalue weighted by molar-refractivity contribution is 5.91. The molecular weight excluding hydrogens is 291 g/mol. The van der Waals surface area contributed by atoms with Gasteiger partial charge in [0.2, 0.25) is 5.95 Å². The third kappa shape index (κ3) is 3.22. The second-order valence-corrected chi connectivity index (χ2v) is 3.86. The van der Waals surface area contributed by atoms with Gasteiger partial charge in [-0.1, -0.05) is 0 Å². The van der Waals surface area contributed by atoms with E-state index in [0.29, 0.717) is 16.1 Å². The number of halogens is 3. The van der Waals surface area contributed by atoms with Crippen LogP contribution in [0.2, 0.25) is 0 Å². The molecule has 0 radical (unpaired) electrons. The quantitative estimate of drug-likeness (QED) is 0.884. The van der Waals surface area contributed by atoms with E-state index in [2.05, 4.69) is 15.4 Å². The summed E-state index contributed by atoms with van der Waals surface area (Å²) >= 11 is 0. The minimum atomic E-state index is -4.78. The molecule has 2 aromatic rings. The van der Waals surface area contributed by atoms with Crippen molar-refractivity contribution in [3.05, 3.63) is 30.1 Å². The molecule has 0 unspecified atom stereocenters. The topological polar surface area (TPSA) is 95.1 Å². The Morgan fingerprint density at radius 1 is 1.33 bits per heavy atom. The molecule has 1 heterocycles. The highest BCUT2D eigenvalue weighted by Gasteiger charge is 2.37. The summed E-state index contributed by atoms with van der Waals surface area (Å²) in [7, 11) is 1.47. The number of nitrogens with two attached hydrogens (primary N) is 1. The molecule has 3 N–H and O–H groups in total. The lowest BCUT2D eigenvalue weighted by Crippen LogP contribution is -2.23. The number of ether oxygens (including phenoxy) is 1. The first-order chi connectivity index (χ1) is 9.81. The Hall–Kier alpha value is -2.78. The van der Waals surface area contributed by atoms with E-state index in [-0.39, 0.29) is 0 Å². The molecule has 0 atom stereocenters. The van der Waals surface area contributed by atoms with E-state index >= 15 is 0 Å². The van der Waals surface area contributed by atoms with Gasteiger partial charge in [0.05, 0.1) is 7.11 Å². The Balaban J connectivity index is 2.18. The van der Waals surface area contributed by atoms with Crippen LogP contribution in [0, 0.1) is 0 Å². The largest absolute Gasteiger partial charge is 0.497 e. The first-order valence-electron chi connectivity index (χ1n) is 5.56. The molecule has 112 valence electrons. The molecule has 0 aliphatic carbocycles. The van der Waals surface area contributed by atoms with E-state index in [1.807, 2.05) is 0 Å². The Morgan fingerprint density at radius 3 is 2.43 bits per heavy atom. The summed E-state index contributed by atoms with van der Waals surface area (Å²) in [6, 6.07) is 5.20. The molecule has 10 heteroatoms. The Labute approximate surface area is 116 Å². The summed E-state index contributed by atoms with van der Waals surface area (Å²) in [6.07, 6.45) is -4.78. The molecule has 1 aromatic heterocycles. The number of methoxy groups -OCH3 is 1. The minimum Gasteiger partial charge on any atom is -0.497 e. The van der Waals surface area contributed by atoms with Gasteiger partial charge in [-0.15, -0.1) is 9.78 Å². The molecule has 0 bridgehead atoms. The van der Waals surface area contributed by atoms with Crippen LogP contribution in [0.3, 0.4) is 0 Å². The number of benzene rings is 1. The molecule has 7 nitrogen and oxygen atoms in total. The molecule has 0 saturated heterocycles. The Morgan fingerprint density at radius 2 is 1.95 bits per heavy atom. The summed E-state index contributed by atoms with van der Waals surface area (Å²) in [6.45, 7) is 0. The van der Waals surface area contributed by atoms with Crippen LogP contribution in [0.5, 0.6) is 5.75 Å². The van der Waals surface area contributed by atoms with E-state index < -0.39 is 24.0 Å². The molecule has 2 rings (SSSR count). The molecular formula is C11H10F3N5O2. The van der Waals surface area contributed by atoms with Gasteiger partial charge in [0, 0.05) is 5.69 Å². The van der Waals surface area contributed by atoms with Crippen molar-refractivity contribution in [2.24, 2.45) is 0 Å². The minimum absolute atomic E-state index is 0.337. The first-order valence-corrected chi connectivity index (χ1v) is 5.56. The van der Waals surface area contributed by atoms with Crippen LogP contribution in [0.4, 0.5) is 29.6 Å². The Kier molecular flexibility index (Phi) is 3.70. The number of anilines is 2. The lowest BCUT2D eigenvalue weighted by atomic mass is 10.3. The maximum absolute atomic E-state index is 12.4. The van der Waals surface area contributed by atoms with Crippen molar-refractivity contribution >= 4 is 17.7 Å². The molecule has 0 aliphatic heterocycles. The summed E-state index contributed by atoms with van der Waals surface area (Å²) < 4.78 is 42.5. The summed E-state index contributed by atoms with van der Waals surface area (Å²) in [5.41, 5.74) is 5.58. The van der Waals surface area contributed by atoms with Gasteiger partial charge in [0.25, 0.3) is 5.82 Å². The molecule has 0 saturated carbocycles. The SMILES string of the molecule is COc1ccc(NC(=O)n2nc(C(F)(F)F)nc2N)cc1. The second kappa shape index (κ2) is 5.31. The van der Waals surface area contributed by atoms with Crippen LogP contribution in [-0.4, -0.2) is 27.9 Å². The van der Waals surface area contributed by atoms with Crippen LogP contribution in [0.1, 0.15) is 5.82 Å². The third-order valence-corrected chi connectivity index (χ3v) is 2.42. The molecule has 1 aromatic carbocycles. The third-order valence-electron chi connectivity index (χ3n) is 2.42. The van der Waals surface area contributed by atoms with Gasteiger partial charge in [-0.2, -0.15) is 18.2 Å². The van der Waals surface area contributed by atoms with Crippen molar-refractivity contribution in [2.45, 2.75) is 6.18 Å². The molecule has 21 heavy (non-hydrogen) atoms. The fraction of sp³-hybridized carbons (Fsp3) is 0.182. The zero-order valence-corrected chi connectivity index (χ0v) is 10.7. The first kappa shape index (κ1) is 14.6. The monoisotopic (exact) mass is 301 g/mol. The number of hydrogen-bond donors (Lipinski definition) is 2. The van der Waals surface area contributed by atoms with Crippen molar-refractivity contribution in [3.8, 4) is 5.75 Å². The summed E-state index contributed by atoms with van der Waals surface area (Å²) in [5, 5.41) is 5.36. The lowest BCUT2D eigenvalue weighted by Gasteiger charge is -2.06. The van der Waals surface area contributed by atoms with E-state index in [9.17, 15) is 18.0 Å². The number of nitrogen functional groups attached to an aromatic ring is 1. The number of alkyl halides is 3. The standard InChI is InChI=1S/C11H10F3N5O2/c1-21-7-4-2-6(3-5-7)16-10(20)19-9(15)17-8(18-19)11(12,13)14/h2-5H,1H3,(H,16,20)(H2,15,17,18). The fourth-order valence-corrected chi connectivity index (χ4v) is 1.44. The number of nitrogens with zero attached hydrogens (tertiary/aromatic N) is 3. The van der Waals surface area contributed by atoms with Crippen molar-refractivity contribution in [1.29, 1.82) is 0 Å². The maximum atomic E-state index is 12.4. The molecule has 1 amide bonds. The van der Waals surface area contributed by atoms with Gasteiger partial charge >= 0.3 is 12.2 Å². The highest BCUT2D eigenvalue weighted by atomic mass is 19.4. The van der Waals surface area contributed by atoms with Crippen LogP contribution in [0.25, 0.3) is 0 Å². The summed E-state index contributed by atoms with van der Waals surface area (Å²) in [5.74, 6) is -1.58. The van der Waals surface area contributed by atoms with Crippen molar-refractivity contribution in [1.82, 2.24) is 14.8 Å². The van der Waals surface area contributed by atoms with Crippen LogP contribution < -0.4 is 15.8 Å². The van der Waals surface area contributed by atoms with Crippen molar-refractivity contribution in [3.63, 3.8) is 0 Å². The molecule has 0 fully saturated rings. The van der Waals surface area contributed by atoms with Gasteiger partial charge in [-0.25, -0.2) is 4.79 Å². The average molecular weight is 301 g/mol. The predicted octanol–water partition coefficient (Wildman–Crippen LogP) is 1.97. The number of rotatable bonds is 2. The number of amides is 1. The number of carbonyl (C=O) groups excluding carboxylic acids is 1. The van der Waals surface area contributed by atoms with Crippen LogP contribution >= 0.6 is 0 Å². The van der Waals surface area contributed by atoms with Gasteiger partial charge in [-0.05, 0) is 24.3 Å². The predicted molar refractivity (Wildman–Crippen MR) is 66.8 cm³/mol. The molecule has 0 spiro atoms. The average Bonchev–Trinajstić information content (AvgIpc) is 2.82. The van der Waals surface area contributed by atoms with Gasteiger partial charge in [0.1, 0.15) is 5.75 Å². The second-order valence-electron chi connectivity index (χ2n) is 3.86. The zero-order chi connectivity index (χ0) is 15.6. The van der Waals surface area contributed by atoms with Gasteiger partial charge in [-0.3, -0.25) is 0 Å². The normalized spacial score (nSPS) is 11.2. The maximum Gasteiger partial charge on any atom is 0.453 e. The number of carbonyl (C=O) groups is 1. The number of aromatic nitrogens is 3. The van der Waals surface area contributed by atoms with E-state index in [4.69, 9.17) is 10.5 Å². The van der Waals surface area contributed by atoms with E-state index in [0.717, 1.165) is 0 Å². The van der Waals surface area contributed by atoms with Gasteiger partial charge in [0.15, 0.2) is 0 Å². The van der Waals surface area contributed by atoms with E-state index in [1.54, 1.807) is 12.1 Å². The lowest BCUT2D eigenvalue weighted by molar-refractivity contribution is -0.144. The van der Waals surface area contributed by atoms with Crippen LogP contribution in [0.15, 0.2) is 24.3 Å². The van der Waals surface area contributed by atoms with Crippen molar-refractivity contribution in [2.75, 3.05) is 18.2 Å². The molecule has 0 aliphatic rings. The van der Waals surface area contributed by atoms with E-state index in [1.165, 1.54) is 19.2 Å². The fourth-order valence-electron chi connectivity index (χ4n) is 1.44. The van der Waals surface area contributed by atoms with Gasteiger partial charge < -0.3 is 15.8 Å².